The van der Waals surface area contributed by atoms with Gasteiger partial charge in [0.15, 0.2) is 5.69 Å². The van der Waals surface area contributed by atoms with Gasteiger partial charge in [-0.25, -0.2) is 4.68 Å². The van der Waals surface area contributed by atoms with E-state index in [-0.39, 0.29) is 6.04 Å². The van der Waals surface area contributed by atoms with Gasteiger partial charge in [0.05, 0.1) is 17.4 Å². The van der Waals surface area contributed by atoms with E-state index in [1.54, 1.807) is 31.2 Å². The highest BCUT2D eigenvalue weighted by Gasteiger charge is 2.41. The summed E-state index contributed by atoms with van der Waals surface area (Å²) in [6.45, 7) is 1.71. The molecule has 0 bridgehead atoms. The number of nitrogens with one attached hydrogen (secondary N) is 1. The van der Waals surface area contributed by atoms with Gasteiger partial charge in [0.1, 0.15) is 0 Å². The van der Waals surface area contributed by atoms with Gasteiger partial charge in [-0.3, -0.25) is 4.79 Å². The highest BCUT2D eigenvalue weighted by molar-refractivity contribution is 5.95. The zero-order valence-electron chi connectivity index (χ0n) is 14.6. The molecule has 1 aliphatic rings. The van der Waals surface area contributed by atoms with Crippen LogP contribution in [-0.2, 0) is 6.18 Å². The lowest BCUT2D eigenvalue weighted by Crippen LogP contribution is -2.35. The van der Waals surface area contributed by atoms with Crippen LogP contribution in [-0.4, -0.2) is 21.7 Å². The molecule has 1 aromatic carbocycles. The van der Waals surface area contributed by atoms with Crippen molar-refractivity contribution in [2.45, 2.75) is 57.7 Å². The fraction of sp³-hybridized carbons (Fsp3) is 0.474. The summed E-state index contributed by atoms with van der Waals surface area (Å²) in [5, 5.41) is 6.66. The fourth-order valence-corrected chi connectivity index (χ4v) is 3.46. The maximum absolute atomic E-state index is 13.7. The lowest BCUT2D eigenvalue weighted by molar-refractivity contribution is -0.143. The van der Waals surface area contributed by atoms with Gasteiger partial charge in [0.25, 0.3) is 5.91 Å². The monoisotopic (exact) mass is 365 g/mol. The SMILES string of the molecule is Cc1ccccc1-n1ncc(C(=O)NC2CCCCCC2)c1C(F)(F)F. The van der Waals surface area contributed by atoms with E-state index < -0.39 is 23.3 Å². The molecule has 1 N–H and O–H groups in total. The molecular weight excluding hydrogens is 343 g/mol. The molecule has 1 saturated carbocycles. The van der Waals surface area contributed by atoms with Crippen molar-refractivity contribution in [2.75, 3.05) is 0 Å². The average molecular weight is 365 g/mol. The van der Waals surface area contributed by atoms with Gasteiger partial charge in [-0.05, 0) is 31.4 Å². The van der Waals surface area contributed by atoms with E-state index in [0.29, 0.717) is 11.3 Å². The van der Waals surface area contributed by atoms with Gasteiger partial charge in [-0.1, -0.05) is 43.9 Å². The highest BCUT2D eigenvalue weighted by Crippen LogP contribution is 2.34. The van der Waals surface area contributed by atoms with E-state index in [0.717, 1.165) is 49.4 Å². The summed E-state index contributed by atoms with van der Waals surface area (Å²) >= 11 is 0. The van der Waals surface area contributed by atoms with Crippen molar-refractivity contribution in [3.05, 3.63) is 47.3 Å². The van der Waals surface area contributed by atoms with Gasteiger partial charge < -0.3 is 5.32 Å². The molecule has 0 spiro atoms. The molecule has 0 atom stereocenters. The summed E-state index contributed by atoms with van der Waals surface area (Å²) in [6, 6.07) is 6.59. The molecule has 26 heavy (non-hydrogen) atoms. The lowest BCUT2D eigenvalue weighted by atomic mass is 10.1. The molecule has 0 aliphatic heterocycles. The van der Waals surface area contributed by atoms with E-state index in [1.165, 1.54) is 0 Å². The lowest BCUT2D eigenvalue weighted by Gasteiger charge is -2.17. The molecular formula is C19H22F3N3O. The van der Waals surface area contributed by atoms with E-state index >= 15 is 0 Å². The van der Waals surface area contributed by atoms with Crippen LogP contribution in [0.1, 0.15) is 60.1 Å². The molecule has 4 nitrogen and oxygen atoms in total. The quantitative estimate of drug-likeness (QED) is 0.805. The molecule has 2 aromatic rings. The van der Waals surface area contributed by atoms with Crippen LogP contribution in [0.5, 0.6) is 0 Å². The zero-order chi connectivity index (χ0) is 18.7. The largest absolute Gasteiger partial charge is 0.434 e. The molecule has 1 aromatic heterocycles. The molecule has 3 rings (SSSR count). The van der Waals surface area contributed by atoms with Crippen LogP contribution in [0.2, 0.25) is 0 Å². The summed E-state index contributed by atoms with van der Waals surface area (Å²) in [5.41, 5.74) is -0.493. The summed E-state index contributed by atoms with van der Waals surface area (Å²) in [6.07, 6.45) is 2.12. The van der Waals surface area contributed by atoms with Crippen molar-refractivity contribution >= 4 is 5.91 Å². The second-order valence-electron chi connectivity index (χ2n) is 6.76. The highest BCUT2D eigenvalue weighted by atomic mass is 19.4. The third-order valence-corrected chi connectivity index (χ3v) is 4.82. The molecule has 140 valence electrons. The first-order chi connectivity index (χ1) is 12.4. The number of aromatic nitrogens is 2. The molecule has 0 saturated heterocycles. The summed E-state index contributed by atoms with van der Waals surface area (Å²) < 4.78 is 42.0. The second-order valence-corrected chi connectivity index (χ2v) is 6.76. The van der Waals surface area contributed by atoms with E-state index in [1.807, 2.05) is 0 Å². The number of para-hydroxylation sites is 1. The van der Waals surface area contributed by atoms with Crippen molar-refractivity contribution in [2.24, 2.45) is 0 Å². The Morgan fingerprint density at radius 3 is 2.42 bits per heavy atom. The summed E-state index contributed by atoms with van der Waals surface area (Å²) in [4.78, 5) is 12.6. The van der Waals surface area contributed by atoms with Gasteiger partial charge >= 0.3 is 6.18 Å². The molecule has 1 fully saturated rings. The Kier molecular flexibility index (Phi) is 5.34. The second kappa shape index (κ2) is 7.51. The smallest absolute Gasteiger partial charge is 0.349 e. The number of halogens is 3. The standard InChI is InChI=1S/C19H22F3N3O/c1-13-8-6-7-11-16(13)25-17(19(20,21)22)15(12-23-25)18(26)24-14-9-4-2-3-5-10-14/h6-8,11-12,14H,2-5,9-10H2,1H3,(H,24,26). The average Bonchev–Trinajstić information content (AvgIpc) is 2.88. The molecule has 0 unspecified atom stereocenters. The van der Waals surface area contributed by atoms with E-state index in [2.05, 4.69) is 10.4 Å². The number of rotatable bonds is 3. The number of amides is 1. The fourth-order valence-electron chi connectivity index (χ4n) is 3.46. The molecule has 1 aliphatic carbocycles. The number of hydrogen-bond acceptors (Lipinski definition) is 2. The first kappa shape index (κ1) is 18.5. The van der Waals surface area contributed by atoms with Crippen LogP contribution in [0.25, 0.3) is 5.69 Å². The van der Waals surface area contributed by atoms with Crippen LogP contribution in [0.4, 0.5) is 13.2 Å². The number of alkyl halides is 3. The predicted octanol–water partition coefficient (Wildman–Crippen LogP) is 4.65. The summed E-state index contributed by atoms with van der Waals surface area (Å²) in [7, 11) is 0. The van der Waals surface area contributed by atoms with Crippen LogP contribution >= 0.6 is 0 Å². The molecule has 1 amide bonds. The Bertz CT molecular complexity index is 775. The Morgan fingerprint density at radius 2 is 1.81 bits per heavy atom. The van der Waals surface area contributed by atoms with Gasteiger partial charge in [-0.2, -0.15) is 18.3 Å². The third kappa shape index (κ3) is 3.92. The third-order valence-electron chi connectivity index (χ3n) is 4.82. The Balaban J connectivity index is 1.95. The zero-order valence-corrected chi connectivity index (χ0v) is 14.6. The summed E-state index contributed by atoms with van der Waals surface area (Å²) in [5.74, 6) is -0.705. The van der Waals surface area contributed by atoms with Crippen molar-refractivity contribution in [3.8, 4) is 5.69 Å². The number of carbonyl (C=O) groups excluding carboxylic acids is 1. The van der Waals surface area contributed by atoms with Crippen molar-refractivity contribution in [1.29, 1.82) is 0 Å². The van der Waals surface area contributed by atoms with Crippen LogP contribution in [0.3, 0.4) is 0 Å². The minimum atomic E-state index is -4.69. The van der Waals surface area contributed by atoms with Gasteiger partial charge in [0.2, 0.25) is 0 Å². The van der Waals surface area contributed by atoms with E-state index in [9.17, 15) is 18.0 Å². The molecule has 0 radical (unpaired) electrons. The number of nitrogens with zero attached hydrogens (tertiary/aromatic N) is 2. The number of hydrogen-bond donors (Lipinski definition) is 1. The normalized spacial score (nSPS) is 16.3. The van der Waals surface area contributed by atoms with Gasteiger partial charge in [0, 0.05) is 6.04 Å². The van der Waals surface area contributed by atoms with Crippen molar-refractivity contribution < 1.29 is 18.0 Å². The van der Waals surface area contributed by atoms with Gasteiger partial charge in [-0.15, -0.1) is 0 Å². The number of aryl methyl sites for hydroxylation is 1. The molecule has 7 heteroatoms. The maximum atomic E-state index is 13.7. The van der Waals surface area contributed by atoms with Crippen LogP contribution in [0, 0.1) is 6.92 Å². The van der Waals surface area contributed by atoms with Crippen LogP contribution < -0.4 is 5.32 Å². The topological polar surface area (TPSA) is 46.9 Å². The maximum Gasteiger partial charge on any atom is 0.434 e. The van der Waals surface area contributed by atoms with Crippen LogP contribution in [0.15, 0.2) is 30.5 Å². The molecule has 1 heterocycles. The Labute approximate surface area is 150 Å². The van der Waals surface area contributed by atoms with E-state index in [4.69, 9.17) is 0 Å². The predicted molar refractivity (Wildman–Crippen MR) is 92.3 cm³/mol. The first-order valence-corrected chi connectivity index (χ1v) is 8.90. The Hall–Kier alpha value is -2.31. The Morgan fingerprint density at radius 1 is 1.15 bits per heavy atom. The van der Waals surface area contributed by atoms with Crippen molar-refractivity contribution in [3.63, 3.8) is 0 Å². The number of carbonyl (C=O) groups is 1. The first-order valence-electron chi connectivity index (χ1n) is 8.90. The minimum absolute atomic E-state index is 0.0760. The minimum Gasteiger partial charge on any atom is -0.349 e. The number of benzene rings is 1. The van der Waals surface area contributed by atoms with Crippen molar-refractivity contribution in [1.82, 2.24) is 15.1 Å².